The van der Waals surface area contributed by atoms with Crippen LogP contribution in [-0.4, -0.2) is 34.0 Å². The zero-order valence-corrected chi connectivity index (χ0v) is 24.1. The average Bonchev–Trinajstić information content (AvgIpc) is 2.90. The minimum atomic E-state index is -6.22. The molecule has 0 fully saturated rings. The highest BCUT2D eigenvalue weighted by Crippen LogP contribution is 2.52. The normalized spacial score (nSPS) is 13.3. The van der Waals surface area contributed by atoms with E-state index in [1.807, 2.05) is 0 Å². The van der Waals surface area contributed by atoms with Crippen LogP contribution in [0.1, 0.15) is 27.8 Å². The van der Waals surface area contributed by atoms with Gasteiger partial charge < -0.3 is 8.37 Å². The van der Waals surface area contributed by atoms with Crippen molar-refractivity contribution >= 4 is 20.2 Å². The SMILES string of the molecule is C=CCc1cc(C(c2ccccc2)(c2ccc(OS(=O)(=O)C(F)(F)F)c(CC=C)c2)C(F)(F)F)ccc1OS(=O)(=O)C(F)(F)F. The molecule has 0 aromatic heterocycles. The zero-order valence-electron chi connectivity index (χ0n) is 22.5. The lowest BCUT2D eigenvalue weighted by atomic mass is 9.68. The number of rotatable bonds is 11. The van der Waals surface area contributed by atoms with E-state index in [0.29, 0.717) is 24.3 Å². The maximum atomic E-state index is 15.5. The van der Waals surface area contributed by atoms with Crippen LogP contribution in [0.5, 0.6) is 11.5 Å². The third-order valence-corrected chi connectivity index (χ3v) is 8.25. The average molecular weight is 689 g/mol. The minimum absolute atomic E-state index is 0.442. The standard InChI is InChI=1S/C28H21F9O6S2/c1-3-8-18-16-21(12-14-23(18)42-44(38,39)27(32,33)34)25(26(29,30)31,20-10-6-5-7-11-20)22-13-15-24(19(17-22)9-4-2)43-45(40,41)28(35,36)37/h3-7,10-17H,1-2,8-9H2. The van der Waals surface area contributed by atoms with Crippen LogP contribution in [0.2, 0.25) is 0 Å². The van der Waals surface area contributed by atoms with E-state index >= 15 is 13.2 Å². The van der Waals surface area contributed by atoms with E-state index in [1.54, 1.807) is 0 Å². The molecular weight excluding hydrogens is 667 g/mol. The number of alkyl halides is 9. The van der Waals surface area contributed by atoms with Gasteiger partial charge >= 0.3 is 37.4 Å². The molecule has 0 radical (unpaired) electrons. The van der Waals surface area contributed by atoms with Crippen molar-refractivity contribution in [1.82, 2.24) is 0 Å². The Labute approximate surface area is 251 Å². The van der Waals surface area contributed by atoms with Crippen molar-refractivity contribution in [3.8, 4) is 11.5 Å². The van der Waals surface area contributed by atoms with Gasteiger partial charge in [-0.05, 0) is 52.8 Å². The molecule has 0 saturated carbocycles. The van der Waals surface area contributed by atoms with Crippen molar-refractivity contribution in [3.63, 3.8) is 0 Å². The quantitative estimate of drug-likeness (QED) is 0.0682. The lowest BCUT2D eigenvalue weighted by molar-refractivity contribution is -0.166. The molecule has 0 bridgehead atoms. The summed E-state index contributed by atoms with van der Waals surface area (Å²) in [6.07, 6.45) is -4.07. The molecule has 0 heterocycles. The topological polar surface area (TPSA) is 86.7 Å². The number of hydrogen-bond acceptors (Lipinski definition) is 6. The molecule has 0 aliphatic rings. The maximum Gasteiger partial charge on any atom is 0.534 e. The van der Waals surface area contributed by atoms with E-state index in [2.05, 4.69) is 21.5 Å². The predicted octanol–water partition coefficient (Wildman–Crippen LogP) is 7.50. The number of hydrogen-bond donors (Lipinski definition) is 0. The van der Waals surface area contributed by atoms with E-state index in [9.17, 15) is 43.2 Å². The van der Waals surface area contributed by atoms with Gasteiger partial charge in [0.05, 0.1) is 0 Å². The molecule has 0 unspecified atom stereocenters. The summed E-state index contributed by atoms with van der Waals surface area (Å²) in [6, 6.07) is 10.1. The molecule has 3 aromatic rings. The highest BCUT2D eigenvalue weighted by atomic mass is 32.2. The summed E-state index contributed by atoms with van der Waals surface area (Å²) in [5.41, 5.74) is -17.6. The molecule has 0 aliphatic carbocycles. The lowest BCUT2D eigenvalue weighted by Crippen LogP contribution is -2.44. The smallest absolute Gasteiger partial charge is 0.376 e. The van der Waals surface area contributed by atoms with E-state index in [0.717, 1.165) is 36.4 Å². The summed E-state index contributed by atoms with van der Waals surface area (Å²) in [4.78, 5) is 0. The molecule has 0 amide bonds. The molecule has 3 aromatic carbocycles. The molecule has 45 heavy (non-hydrogen) atoms. The van der Waals surface area contributed by atoms with Crippen LogP contribution in [0.3, 0.4) is 0 Å². The van der Waals surface area contributed by atoms with Gasteiger partial charge in [0.15, 0.2) is 0 Å². The highest BCUT2D eigenvalue weighted by molar-refractivity contribution is 7.88. The van der Waals surface area contributed by atoms with Crippen molar-refractivity contribution in [2.45, 2.75) is 35.4 Å². The van der Waals surface area contributed by atoms with Crippen molar-refractivity contribution in [2.24, 2.45) is 0 Å². The summed E-state index contributed by atoms with van der Waals surface area (Å²) in [5.74, 6) is -1.87. The second-order valence-electron chi connectivity index (χ2n) is 9.21. The Morgan fingerprint density at radius 3 is 1.27 bits per heavy atom. The summed E-state index contributed by atoms with van der Waals surface area (Å²) in [5, 5.41) is 0. The molecule has 0 saturated heterocycles. The Bertz CT molecular complexity index is 1680. The van der Waals surface area contributed by atoms with Crippen LogP contribution in [-0.2, 0) is 38.5 Å². The molecule has 17 heteroatoms. The fourth-order valence-electron chi connectivity index (χ4n) is 4.43. The van der Waals surface area contributed by atoms with Gasteiger partial charge in [0.2, 0.25) is 0 Å². The van der Waals surface area contributed by atoms with Crippen LogP contribution in [0.4, 0.5) is 39.5 Å². The van der Waals surface area contributed by atoms with Gasteiger partial charge in [-0.2, -0.15) is 56.3 Å². The van der Waals surface area contributed by atoms with Crippen LogP contribution >= 0.6 is 0 Å². The Kier molecular flexibility index (Phi) is 9.80. The van der Waals surface area contributed by atoms with Crippen molar-refractivity contribution in [1.29, 1.82) is 0 Å². The lowest BCUT2D eigenvalue weighted by Gasteiger charge is -2.38. The van der Waals surface area contributed by atoms with Gasteiger partial charge in [-0.1, -0.05) is 66.7 Å². The molecule has 0 aliphatic heterocycles. The van der Waals surface area contributed by atoms with Gasteiger partial charge in [-0.15, -0.1) is 13.2 Å². The number of halogens is 9. The van der Waals surface area contributed by atoms with E-state index in [-0.39, 0.29) is 0 Å². The van der Waals surface area contributed by atoms with Crippen molar-refractivity contribution in [3.05, 3.63) is 120 Å². The first kappa shape index (κ1) is 35.5. The fraction of sp³-hybridized carbons (Fsp3) is 0.214. The second-order valence-corrected chi connectivity index (χ2v) is 12.3. The Morgan fingerprint density at radius 1 is 0.578 bits per heavy atom. The van der Waals surface area contributed by atoms with Crippen molar-refractivity contribution in [2.75, 3.05) is 0 Å². The summed E-state index contributed by atoms with van der Waals surface area (Å²) >= 11 is 0. The summed E-state index contributed by atoms with van der Waals surface area (Å²) in [6.45, 7) is 6.77. The Balaban J connectivity index is 2.42. The molecule has 0 atom stereocenters. The van der Waals surface area contributed by atoms with Gasteiger partial charge in [0, 0.05) is 0 Å². The number of allylic oxidation sites excluding steroid dienone is 2. The largest absolute Gasteiger partial charge is 0.534 e. The first-order chi connectivity index (χ1) is 20.6. The second kappa shape index (κ2) is 12.4. The third kappa shape index (κ3) is 6.98. The predicted molar refractivity (Wildman–Crippen MR) is 144 cm³/mol. The molecule has 244 valence electrons. The zero-order chi connectivity index (χ0) is 34.1. The van der Waals surface area contributed by atoms with E-state index in [4.69, 9.17) is 0 Å². The van der Waals surface area contributed by atoms with E-state index in [1.165, 1.54) is 18.2 Å². The van der Waals surface area contributed by atoms with E-state index < -0.39 is 95.0 Å². The van der Waals surface area contributed by atoms with Crippen LogP contribution in [0.25, 0.3) is 0 Å². The maximum absolute atomic E-state index is 15.5. The fourth-order valence-corrected chi connectivity index (χ4v) is 5.42. The number of benzene rings is 3. The third-order valence-electron chi connectivity index (χ3n) is 6.31. The molecule has 3 rings (SSSR count). The molecule has 0 spiro atoms. The monoisotopic (exact) mass is 688 g/mol. The van der Waals surface area contributed by atoms with Crippen LogP contribution in [0.15, 0.2) is 92.0 Å². The first-order valence-electron chi connectivity index (χ1n) is 12.2. The molecular formula is C28H21F9O6S2. The summed E-state index contributed by atoms with van der Waals surface area (Å²) < 4.78 is 180. The summed E-state index contributed by atoms with van der Waals surface area (Å²) in [7, 11) is -12.4. The Hall–Kier alpha value is -3.99. The van der Waals surface area contributed by atoms with Gasteiger partial charge in [-0.3, -0.25) is 0 Å². The van der Waals surface area contributed by atoms with Gasteiger partial charge in [0.1, 0.15) is 16.9 Å². The van der Waals surface area contributed by atoms with Gasteiger partial charge in [-0.25, -0.2) is 0 Å². The van der Waals surface area contributed by atoms with Gasteiger partial charge in [0.25, 0.3) is 0 Å². The highest BCUT2D eigenvalue weighted by Gasteiger charge is 2.59. The van der Waals surface area contributed by atoms with Crippen LogP contribution < -0.4 is 8.37 Å². The van der Waals surface area contributed by atoms with Crippen molar-refractivity contribution < 1.29 is 64.7 Å². The minimum Gasteiger partial charge on any atom is -0.376 e. The Morgan fingerprint density at radius 2 is 0.956 bits per heavy atom. The molecule has 0 N–H and O–H groups in total. The first-order valence-corrected chi connectivity index (χ1v) is 15.1. The van der Waals surface area contributed by atoms with Crippen LogP contribution in [0, 0.1) is 0 Å². The molecule has 6 nitrogen and oxygen atoms in total.